The summed E-state index contributed by atoms with van der Waals surface area (Å²) in [6.45, 7) is 3.71. The Labute approximate surface area is 162 Å². The van der Waals surface area contributed by atoms with Crippen LogP contribution in [0.3, 0.4) is 0 Å². The molecular formula is C20H22NO6P. The van der Waals surface area contributed by atoms with Gasteiger partial charge in [-0.15, -0.1) is 0 Å². The molecule has 0 bridgehead atoms. The highest BCUT2D eigenvalue weighted by Crippen LogP contribution is 2.60. The number of phenolic OH excluding ortho intramolecular Hbond substituents is 1. The summed E-state index contributed by atoms with van der Waals surface area (Å²) in [6.07, 6.45) is 0. The minimum atomic E-state index is -3.72. The number of hydrogen-bond donors (Lipinski definition) is 2. The maximum atomic E-state index is 13.5. The van der Waals surface area contributed by atoms with E-state index in [0.717, 1.165) is 0 Å². The van der Waals surface area contributed by atoms with E-state index in [4.69, 9.17) is 13.5 Å². The number of rotatable bonds is 8. The molecule has 2 aromatic carbocycles. The van der Waals surface area contributed by atoms with Crippen LogP contribution < -0.4 is 10.9 Å². The third-order valence-corrected chi connectivity index (χ3v) is 6.35. The van der Waals surface area contributed by atoms with E-state index in [2.05, 4.69) is 5.32 Å². The van der Waals surface area contributed by atoms with Gasteiger partial charge in [-0.25, -0.2) is 4.79 Å². The van der Waals surface area contributed by atoms with Crippen LogP contribution in [0.25, 0.3) is 11.0 Å². The topological polar surface area (TPSA) is 98.0 Å². The van der Waals surface area contributed by atoms with E-state index in [1.165, 1.54) is 12.1 Å². The Balaban J connectivity index is 2.10. The molecule has 0 aliphatic rings. The largest absolute Gasteiger partial charge is 0.508 e. The maximum Gasteiger partial charge on any atom is 0.359 e. The van der Waals surface area contributed by atoms with E-state index in [1.807, 2.05) is 6.07 Å². The molecule has 0 fully saturated rings. The van der Waals surface area contributed by atoms with Crippen LogP contribution in [-0.2, 0) is 13.6 Å². The first kappa shape index (κ1) is 20.1. The van der Waals surface area contributed by atoms with E-state index < -0.39 is 19.0 Å². The Bertz CT molecular complexity index is 1050. The molecule has 3 aromatic rings. The molecule has 7 nitrogen and oxygen atoms in total. The molecule has 1 unspecified atom stereocenters. The lowest BCUT2D eigenvalue weighted by atomic mass is 10.2. The lowest BCUT2D eigenvalue weighted by Crippen LogP contribution is -2.19. The Morgan fingerprint density at radius 1 is 1.07 bits per heavy atom. The molecule has 0 saturated heterocycles. The van der Waals surface area contributed by atoms with Crippen molar-refractivity contribution in [3.63, 3.8) is 0 Å². The Kier molecular flexibility index (Phi) is 6.19. The Hall–Kier alpha value is -2.60. The van der Waals surface area contributed by atoms with Gasteiger partial charge in [0.25, 0.3) is 0 Å². The van der Waals surface area contributed by atoms with E-state index in [9.17, 15) is 14.5 Å². The predicted octanol–water partition coefficient (Wildman–Crippen LogP) is 4.88. The van der Waals surface area contributed by atoms with Crippen molar-refractivity contribution >= 4 is 24.3 Å². The molecule has 1 aromatic heterocycles. The van der Waals surface area contributed by atoms with E-state index >= 15 is 0 Å². The monoisotopic (exact) mass is 403 g/mol. The number of benzene rings is 2. The van der Waals surface area contributed by atoms with Gasteiger partial charge in [-0.3, -0.25) is 4.57 Å². The van der Waals surface area contributed by atoms with Gasteiger partial charge in [0.15, 0.2) is 5.78 Å². The zero-order valence-corrected chi connectivity index (χ0v) is 16.5. The average Bonchev–Trinajstić information content (AvgIpc) is 2.66. The number of phenols is 1. The van der Waals surface area contributed by atoms with Crippen LogP contribution in [0.5, 0.6) is 5.75 Å². The van der Waals surface area contributed by atoms with Crippen molar-refractivity contribution < 1.29 is 23.1 Å². The van der Waals surface area contributed by atoms with Gasteiger partial charge >= 0.3 is 13.2 Å². The number of para-hydroxylation sites is 1. The standard InChI is InChI=1S/C20H22NO6P/c1-3-25-28(24,26-4-2)19(15-9-7-10-16(22)12-15)21-17-13-14-8-5-6-11-18(14)27-20(17)23/h5-13,19,21-22H,3-4H2,1-2H3. The molecule has 8 heteroatoms. The number of fused-ring (bicyclic) bond motifs is 1. The first-order valence-electron chi connectivity index (χ1n) is 8.94. The minimum absolute atomic E-state index is 0.00519. The highest BCUT2D eigenvalue weighted by Gasteiger charge is 2.38. The van der Waals surface area contributed by atoms with Crippen LogP contribution in [0.1, 0.15) is 25.2 Å². The summed E-state index contributed by atoms with van der Waals surface area (Å²) < 4.78 is 29.8. The van der Waals surface area contributed by atoms with Crippen molar-refractivity contribution in [1.29, 1.82) is 0 Å². The van der Waals surface area contributed by atoms with Gasteiger partial charge in [0.2, 0.25) is 0 Å². The normalized spacial score (nSPS) is 12.8. The summed E-state index contributed by atoms with van der Waals surface area (Å²) in [6, 6.07) is 14.9. The summed E-state index contributed by atoms with van der Waals surface area (Å²) in [5.41, 5.74) is 0.414. The van der Waals surface area contributed by atoms with Crippen LogP contribution in [0.4, 0.5) is 5.69 Å². The molecule has 148 valence electrons. The molecule has 0 spiro atoms. The molecule has 1 heterocycles. The maximum absolute atomic E-state index is 13.5. The zero-order chi connectivity index (χ0) is 20.1. The van der Waals surface area contributed by atoms with Crippen molar-refractivity contribution in [2.24, 2.45) is 0 Å². The summed E-state index contributed by atoms with van der Waals surface area (Å²) in [7, 11) is -3.72. The molecule has 2 N–H and O–H groups in total. The molecule has 0 saturated carbocycles. The van der Waals surface area contributed by atoms with Crippen molar-refractivity contribution in [2.45, 2.75) is 19.6 Å². The SMILES string of the molecule is CCOP(=O)(OCC)C(Nc1cc2ccccc2oc1=O)c1cccc(O)c1. The lowest BCUT2D eigenvalue weighted by molar-refractivity contribution is 0.214. The summed E-state index contributed by atoms with van der Waals surface area (Å²) in [4.78, 5) is 12.5. The highest BCUT2D eigenvalue weighted by atomic mass is 31.2. The third-order valence-electron chi connectivity index (χ3n) is 4.05. The average molecular weight is 403 g/mol. The third kappa shape index (κ3) is 4.28. The van der Waals surface area contributed by atoms with E-state index in [1.54, 1.807) is 50.2 Å². The van der Waals surface area contributed by atoms with Crippen molar-refractivity contribution in [2.75, 3.05) is 18.5 Å². The quantitative estimate of drug-likeness (QED) is 0.409. The van der Waals surface area contributed by atoms with Crippen LogP contribution >= 0.6 is 7.60 Å². The predicted molar refractivity (Wildman–Crippen MR) is 108 cm³/mol. The molecule has 0 amide bonds. The number of hydrogen-bond acceptors (Lipinski definition) is 7. The fourth-order valence-electron chi connectivity index (χ4n) is 2.90. The van der Waals surface area contributed by atoms with Crippen LogP contribution in [0.2, 0.25) is 0 Å². The molecular weight excluding hydrogens is 381 g/mol. The lowest BCUT2D eigenvalue weighted by Gasteiger charge is -2.27. The van der Waals surface area contributed by atoms with E-state index in [-0.39, 0.29) is 24.7 Å². The van der Waals surface area contributed by atoms with Gasteiger partial charge in [-0.1, -0.05) is 30.3 Å². The Morgan fingerprint density at radius 3 is 2.46 bits per heavy atom. The van der Waals surface area contributed by atoms with Crippen molar-refractivity contribution in [3.8, 4) is 5.75 Å². The van der Waals surface area contributed by atoms with Gasteiger partial charge in [-0.05, 0) is 43.7 Å². The van der Waals surface area contributed by atoms with Crippen LogP contribution in [-0.4, -0.2) is 18.3 Å². The second-order valence-corrected chi connectivity index (χ2v) is 8.12. The number of aromatic hydroxyl groups is 1. The van der Waals surface area contributed by atoms with Gasteiger partial charge in [0.05, 0.1) is 13.2 Å². The molecule has 0 aliphatic heterocycles. The zero-order valence-electron chi connectivity index (χ0n) is 15.6. The fraction of sp³-hybridized carbons (Fsp3) is 0.250. The summed E-state index contributed by atoms with van der Waals surface area (Å²) in [5, 5.41) is 13.5. The van der Waals surface area contributed by atoms with Gasteiger partial charge < -0.3 is 23.9 Å². The Morgan fingerprint density at radius 2 is 1.79 bits per heavy atom. The first-order chi connectivity index (χ1) is 13.5. The number of anilines is 1. The molecule has 0 radical (unpaired) electrons. The van der Waals surface area contributed by atoms with E-state index in [0.29, 0.717) is 16.5 Å². The fourth-order valence-corrected chi connectivity index (χ4v) is 4.81. The summed E-state index contributed by atoms with van der Waals surface area (Å²) >= 11 is 0. The van der Waals surface area contributed by atoms with Crippen molar-refractivity contribution in [1.82, 2.24) is 0 Å². The van der Waals surface area contributed by atoms with Crippen molar-refractivity contribution in [3.05, 3.63) is 70.6 Å². The number of nitrogens with one attached hydrogen (secondary N) is 1. The van der Waals surface area contributed by atoms with Gasteiger partial charge in [0, 0.05) is 5.39 Å². The molecule has 28 heavy (non-hydrogen) atoms. The highest BCUT2D eigenvalue weighted by molar-refractivity contribution is 7.54. The van der Waals surface area contributed by atoms with Gasteiger partial charge in [0.1, 0.15) is 17.0 Å². The second kappa shape index (κ2) is 8.61. The van der Waals surface area contributed by atoms with Crippen LogP contribution in [0.15, 0.2) is 63.8 Å². The smallest absolute Gasteiger partial charge is 0.359 e. The molecule has 3 rings (SSSR count). The molecule has 0 aliphatic carbocycles. The molecule has 1 atom stereocenters. The van der Waals surface area contributed by atoms with Gasteiger partial charge in [-0.2, -0.15) is 0 Å². The minimum Gasteiger partial charge on any atom is -0.508 e. The summed E-state index contributed by atoms with van der Waals surface area (Å²) in [5.74, 6) is -1.02. The second-order valence-electron chi connectivity index (χ2n) is 6.00. The first-order valence-corrected chi connectivity index (χ1v) is 10.5. The van der Waals surface area contributed by atoms with Crippen LogP contribution in [0, 0.1) is 0 Å².